The molecule has 0 aliphatic heterocycles. The van der Waals surface area contributed by atoms with Crippen LogP contribution in [0.25, 0.3) is 6.08 Å². The van der Waals surface area contributed by atoms with Crippen molar-refractivity contribution >= 4 is 29.4 Å². The normalized spacial score (nSPS) is 11.0. The molecule has 6 heteroatoms. The quantitative estimate of drug-likeness (QED) is 0.613. The molecule has 0 radical (unpaired) electrons. The Balaban J connectivity index is 2.33. The van der Waals surface area contributed by atoms with Gasteiger partial charge in [0.25, 0.3) is 0 Å². The second kappa shape index (κ2) is 9.64. The summed E-state index contributed by atoms with van der Waals surface area (Å²) in [6.07, 6.45) is 4.99. The van der Waals surface area contributed by atoms with Crippen LogP contribution in [-0.4, -0.2) is 24.7 Å². The summed E-state index contributed by atoms with van der Waals surface area (Å²) in [5.74, 6) is -0.854. The lowest BCUT2D eigenvalue weighted by atomic mass is 10.0. The molecule has 2 rings (SSSR count). The van der Waals surface area contributed by atoms with Crippen LogP contribution in [0.3, 0.4) is 0 Å². The lowest BCUT2D eigenvalue weighted by molar-refractivity contribution is -0.114. The number of benzene rings is 2. The maximum absolute atomic E-state index is 11.9. The van der Waals surface area contributed by atoms with Gasteiger partial charge in [0, 0.05) is 18.7 Å². The van der Waals surface area contributed by atoms with Gasteiger partial charge in [-0.1, -0.05) is 24.8 Å². The third-order valence-electron chi connectivity index (χ3n) is 3.75. The molecule has 2 aromatic carbocycles. The van der Waals surface area contributed by atoms with Crippen molar-refractivity contribution in [2.45, 2.75) is 6.92 Å². The highest BCUT2D eigenvalue weighted by atomic mass is 16.5. The van der Waals surface area contributed by atoms with Gasteiger partial charge >= 0.3 is 5.97 Å². The van der Waals surface area contributed by atoms with Crippen LogP contribution in [0.5, 0.6) is 0 Å². The number of methoxy groups -OCH3 is 1. The molecule has 0 unspecified atom stereocenters. The smallest absolute Gasteiger partial charge is 0.339 e. The third kappa shape index (κ3) is 5.26. The Hall–Kier alpha value is -3.98. The zero-order valence-corrected chi connectivity index (χ0v) is 15.6. The molecule has 0 heterocycles. The second-order valence-corrected chi connectivity index (χ2v) is 5.70. The average Bonchev–Trinajstić information content (AvgIpc) is 2.70. The van der Waals surface area contributed by atoms with E-state index in [4.69, 9.17) is 10.00 Å². The van der Waals surface area contributed by atoms with Crippen LogP contribution in [-0.2, 0) is 9.53 Å². The van der Waals surface area contributed by atoms with Gasteiger partial charge in [0.2, 0.25) is 5.91 Å². The largest absolute Gasteiger partial charge is 0.465 e. The third-order valence-corrected chi connectivity index (χ3v) is 3.75. The highest BCUT2D eigenvalue weighted by Crippen LogP contribution is 2.20. The molecule has 2 aromatic rings. The molecule has 0 aromatic heterocycles. The van der Waals surface area contributed by atoms with Crippen molar-refractivity contribution in [2.24, 2.45) is 4.99 Å². The lowest BCUT2D eigenvalue weighted by Crippen LogP contribution is -2.13. The van der Waals surface area contributed by atoms with Crippen molar-refractivity contribution in [1.29, 1.82) is 5.26 Å². The van der Waals surface area contributed by atoms with Gasteiger partial charge < -0.3 is 10.1 Å². The Morgan fingerprint density at radius 1 is 1.21 bits per heavy atom. The summed E-state index contributed by atoms with van der Waals surface area (Å²) in [5, 5.41) is 11.5. The van der Waals surface area contributed by atoms with E-state index in [1.807, 2.05) is 12.1 Å². The Morgan fingerprint density at radius 2 is 1.93 bits per heavy atom. The first-order valence-electron chi connectivity index (χ1n) is 8.35. The van der Waals surface area contributed by atoms with Crippen LogP contribution < -0.4 is 5.32 Å². The van der Waals surface area contributed by atoms with Crippen LogP contribution in [0.1, 0.15) is 34.0 Å². The molecular formula is C22H19N3O3. The van der Waals surface area contributed by atoms with Gasteiger partial charge in [-0.25, -0.2) is 4.79 Å². The predicted octanol–water partition coefficient (Wildman–Crippen LogP) is 3.95. The standard InChI is InChI=1S/C22H19N3O3/c1-4-20(24-12-11-16-5-7-17(14-23)8-6-16)18-9-10-19(22(27)28-3)21(13-18)25-15(2)26/h4-13H,1H2,2-3H3,(H,25,26)/b12-11+,24-20?. The van der Waals surface area contributed by atoms with Crippen molar-refractivity contribution in [3.63, 3.8) is 0 Å². The van der Waals surface area contributed by atoms with Gasteiger partial charge in [-0.2, -0.15) is 5.26 Å². The predicted molar refractivity (Wildman–Crippen MR) is 109 cm³/mol. The number of esters is 1. The van der Waals surface area contributed by atoms with Crippen LogP contribution in [0.4, 0.5) is 5.69 Å². The minimum absolute atomic E-state index is 0.248. The first-order chi connectivity index (χ1) is 13.5. The summed E-state index contributed by atoms with van der Waals surface area (Å²) in [4.78, 5) is 27.7. The molecular weight excluding hydrogens is 354 g/mol. The number of nitrogens with zero attached hydrogens (tertiary/aromatic N) is 2. The number of hydrogen-bond acceptors (Lipinski definition) is 5. The molecule has 0 spiro atoms. The number of anilines is 1. The topological polar surface area (TPSA) is 91.6 Å². The number of allylic oxidation sites excluding steroid dienone is 1. The molecule has 0 bridgehead atoms. The van der Waals surface area contributed by atoms with Gasteiger partial charge in [0.05, 0.1) is 35.7 Å². The summed E-state index contributed by atoms with van der Waals surface area (Å²) >= 11 is 0. The van der Waals surface area contributed by atoms with Gasteiger partial charge in [-0.05, 0) is 42.0 Å². The Labute approximate surface area is 163 Å². The van der Waals surface area contributed by atoms with E-state index in [-0.39, 0.29) is 11.5 Å². The van der Waals surface area contributed by atoms with E-state index in [0.29, 0.717) is 22.5 Å². The number of nitrogens with one attached hydrogen (secondary N) is 1. The number of carbonyl (C=O) groups is 2. The van der Waals surface area contributed by atoms with Crippen molar-refractivity contribution in [2.75, 3.05) is 12.4 Å². The van der Waals surface area contributed by atoms with Gasteiger partial charge in [0.1, 0.15) is 0 Å². The molecule has 28 heavy (non-hydrogen) atoms. The van der Waals surface area contributed by atoms with Crippen molar-refractivity contribution in [3.8, 4) is 6.07 Å². The van der Waals surface area contributed by atoms with Crippen LogP contribution in [0, 0.1) is 11.3 Å². The van der Waals surface area contributed by atoms with E-state index >= 15 is 0 Å². The van der Waals surface area contributed by atoms with E-state index < -0.39 is 5.97 Å². The molecule has 0 atom stereocenters. The molecule has 0 saturated carbocycles. The van der Waals surface area contributed by atoms with Crippen molar-refractivity contribution in [3.05, 3.63) is 83.6 Å². The summed E-state index contributed by atoms with van der Waals surface area (Å²) in [7, 11) is 1.28. The van der Waals surface area contributed by atoms with E-state index in [1.54, 1.807) is 48.7 Å². The first-order valence-corrected chi connectivity index (χ1v) is 8.35. The van der Waals surface area contributed by atoms with E-state index in [9.17, 15) is 9.59 Å². The van der Waals surface area contributed by atoms with E-state index in [1.165, 1.54) is 14.0 Å². The maximum Gasteiger partial charge on any atom is 0.339 e. The number of ether oxygens (including phenoxy) is 1. The number of carbonyl (C=O) groups excluding carboxylic acids is 2. The summed E-state index contributed by atoms with van der Waals surface area (Å²) < 4.78 is 4.74. The number of aliphatic imine (C=N–C) groups is 1. The van der Waals surface area contributed by atoms with Crippen molar-refractivity contribution < 1.29 is 14.3 Å². The molecule has 0 aliphatic carbocycles. The monoisotopic (exact) mass is 373 g/mol. The molecule has 1 N–H and O–H groups in total. The minimum atomic E-state index is -0.548. The first kappa shape index (κ1) is 20.3. The second-order valence-electron chi connectivity index (χ2n) is 5.70. The summed E-state index contributed by atoms with van der Waals surface area (Å²) in [6.45, 7) is 5.13. The molecule has 1 amide bonds. The summed E-state index contributed by atoms with van der Waals surface area (Å²) in [5.41, 5.74) is 3.30. The molecule has 0 fully saturated rings. The Bertz CT molecular complexity index is 997. The van der Waals surface area contributed by atoms with Crippen molar-refractivity contribution in [1.82, 2.24) is 0 Å². The van der Waals surface area contributed by atoms with Crippen LogP contribution in [0.15, 0.2) is 66.3 Å². The fourth-order valence-corrected chi connectivity index (χ4v) is 2.40. The van der Waals surface area contributed by atoms with Gasteiger partial charge in [-0.15, -0.1) is 0 Å². The number of nitriles is 1. The summed E-state index contributed by atoms with van der Waals surface area (Å²) in [6, 6.07) is 14.1. The molecule has 6 nitrogen and oxygen atoms in total. The number of hydrogen-bond donors (Lipinski definition) is 1. The number of amides is 1. The van der Waals surface area contributed by atoms with Crippen LogP contribution in [0.2, 0.25) is 0 Å². The molecule has 0 aliphatic rings. The van der Waals surface area contributed by atoms with Gasteiger partial charge in [0.15, 0.2) is 0 Å². The highest BCUT2D eigenvalue weighted by Gasteiger charge is 2.14. The zero-order chi connectivity index (χ0) is 20.5. The molecule has 140 valence electrons. The van der Waals surface area contributed by atoms with Crippen LogP contribution >= 0.6 is 0 Å². The SMILES string of the molecule is C=CC(=N/C=C/c1ccc(C#N)cc1)c1ccc(C(=O)OC)c(NC(C)=O)c1. The Morgan fingerprint density at radius 3 is 2.50 bits per heavy atom. The number of rotatable bonds is 6. The van der Waals surface area contributed by atoms with E-state index in [2.05, 4.69) is 23.0 Å². The Kier molecular flexibility index (Phi) is 7.00. The average molecular weight is 373 g/mol. The lowest BCUT2D eigenvalue weighted by Gasteiger charge is -2.10. The molecule has 0 saturated heterocycles. The maximum atomic E-state index is 11.9. The van der Waals surface area contributed by atoms with Gasteiger partial charge in [-0.3, -0.25) is 9.79 Å². The zero-order valence-electron chi connectivity index (χ0n) is 15.6. The minimum Gasteiger partial charge on any atom is -0.465 e. The highest BCUT2D eigenvalue weighted by molar-refractivity contribution is 6.11. The fourth-order valence-electron chi connectivity index (χ4n) is 2.40. The van der Waals surface area contributed by atoms with E-state index in [0.717, 1.165) is 5.56 Å². The fraction of sp³-hybridized carbons (Fsp3) is 0.0909.